The Labute approximate surface area is 123 Å². The highest BCUT2D eigenvalue weighted by molar-refractivity contribution is 5.86. The van der Waals surface area contributed by atoms with Gasteiger partial charge >= 0.3 is 0 Å². The van der Waals surface area contributed by atoms with Crippen LogP contribution in [-0.2, 0) is 4.79 Å². The van der Waals surface area contributed by atoms with E-state index >= 15 is 0 Å². The molecule has 2 aliphatic rings. The summed E-state index contributed by atoms with van der Waals surface area (Å²) in [5.41, 5.74) is 5.66. The second kappa shape index (κ2) is 7.49. The van der Waals surface area contributed by atoms with Crippen LogP contribution in [0.25, 0.3) is 0 Å². The summed E-state index contributed by atoms with van der Waals surface area (Å²) in [6.07, 6.45) is 10.3. The summed E-state index contributed by atoms with van der Waals surface area (Å²) in [5.74, 6) is 1.59. The molecule has 0 aliphatic heterocycles. The summed E-state index contributed by atoms with van der Waals surface area (Å²) in [6.45, 7) is 3.15. The summed E-state index contributed by atoms with van der Waals surface area (Å²) in [7, 11) is 0. The Balaban J connectivity index is 0.00000180. The molecule has 2 saturated carbocycles. The van der Waals surface area contributed by atoms with Gasteiger partial charge in [0.2, 0.25) is 5.91 Å². The van der Waals surface area contributed by atoms with E-state index in [9.17, 15) is 4.79 Å². The van der Waals surface area contributed by atoms with Crippen molar-refractivity contribution in [1.82, 2.24) is 5.32 Å². The maximum absolute atomic E-state index is 12.2. The average molecular weight is 289 g/mol. The number of halogens is 1. The molecule has 1 amide bonds. The van der Waals surface area contributed by atoms with Crippen molar-refractivity contribution in [2.24, 2.45) is 17.6 Å². The first-order valence-electron chi connectivity index (χ1n) is 7.67. The fourth-order valence-electron chi connectivity index (χ4n) is 3.57. The zero-order chi connectivity index (χ0) is 13.0. The minimum absolute atomic E-state index is 0. The lowest BCUT2D eigenvalue weighted by Gasteiger charge is -2.33. The van der Waals surface area contributed by atoms with Crippen LogP contribution >= 0.6 is 12.4 Å². The van der Waals surface area contributed by atoms with E-state index in [1.54, 1.807) is 0 Å². The van der Waals surface area contributed by atoms with E-state index < -0.39 is 5.54 Å². The van der Waals surface area contributed by atoms with Gasteiger partial charge in [-0.1, -0.05) is 39.0 Å². The van der Waals surface area contributed by atoms with Gasteiger partial charge in [0.25, 0.3) is 0 Å². The third-order valence-electron chi connectivity index (χ3n) is 4.79. The number of nitrogens with one attached hydrogen (secondary N) is 1. The molecule has 0 spiro atoms. The molecule has 0 radical (unpaired) electrons. The predicted octanol–water partition coefficient (Wildman–Crippen LogP) is 3.01. The van der Waals surface area contributed by atoms with E-state index in [1.165, 1.54) is 32.1 Å². The van der Waals surface area contributed by atoms with Crippen molar-refractivity contribution in [3.63, 3.8) is 0 Å². The Bertz CT molecular complexity index is 290. The van der Waals surface area contributed by atoms with Gasteiger partial charge in [-0.05, 0) is 37.5 Å². The molecule has 19 heavy (non-hydrogen) atoms. The Morgan fingerprint density at radius 1 is 1.21 bits per heavy atom. The van der Waals surface area contributed by atoms with Crippen molar-refractivity contribution < 1.29 is 4.79 Å². The number of carbonyl (C=O) groups excluding carboxylic acids is 1. The first-order valence-corrected chi connectivity index (χ1v) is 7.67. The molecule has 0 aromatic heterocycles. The van der Waals surface area contributed by atoms with Crippen molar-refractivity contribution in [3.8, 4) is 0 Å². The van der Waals surface area contributed by atoms with Crippen molar-refractivity contribution in [3.05, 3.63) is 0 Å². The van der Waals surface area contributed by atoms with Gasteiger partial charge in [-0.3, -0.25) is 4.79 Å². The van der Waals surface area contributed by atoms with Crippen molar-refractivity contribution in [2.45, 2.75) is 70.3 Å². The summed E-state index contributed by atoms with van der Waals surface area (Å²) in [5, 5.41) is 3.12. The molecule has 4 heteroatoms. The highest BCUT2D eigenvalue weighted by Gasteiger charge is 2.35. The lowest BCUT2D eigenvalue weighted by atomic mass is 9.80. The maximum atomic E-state index is 12.2. The second-order valence-electron chi connectivity index (χ2n) is 6.56. The molecule has 0 aromatic rings. The van der Waals surface area contributed by atoms with E-state index in [0.717, 1.165) is 38.1 Å². The molecular weight excluding hydrogens is 260 g/mol. The van der Waals surface area contributed by atoms with Crippen LogP contribution in [0.5, 0.6) is 0 Å². The lowest BCUT2D eigenvalue weighted by molar-refractivity contribution is -0.127. The molecule has 3 N–H and O–H groups in total. The largest absolute Gasteiger partial charge is 0.354 e. The van der Waals surface area contributed by atoms with Crippen molar-refractivity contribution >= 4 is 18.3 Å². The van der Waals surface area contributed by atoms with Crippen molar-refractivity contribution in [2.75, 3.05) is 6.54 Å². The number of carbonyl (C=O) groups is 1. The number of hydrogen-bond donors (Lipinski definition) is 2. The molecule has 0 saturated heterocycles. The van der Waals surface area contributed by atoms with Crippen molar-refractivity contribution in [1.29, 1.82) is 0 Å². The van der Waals surface area contributed by atoms with Gasteiger partial charge in [0.15, 0.2) is 0 Å². The summed E-state index contributed by atoms with van der Waals surface area (Å²) < 4.78 is 0. The predicted molar refractivity (Wildman–Crippen MR) is 81.4 cm³/mol. The lowest BCUT2D eigenvalue weighted by Crippen LogP contribution is -2.55. The van der Waals surface area contributed by atoms with E-state index in [-0.39, 0.29) is 18.3 Å². The quantitative estimate of drug-likeness (QED) is 0.839. The van der Waals surface area contributed by atoms with Gasteiger partial charge in [-0.15, -0.1) is 12.4 Å². The fourth-order valence-corrected chi connectivity index (χ4v) is 3.57. The third kappa shape index (κ3) is 4.64. The summed E-state index contributed by atoms with van der Waals surface area (Å²) >= 11 is 0. The third-order valence-corrected chi connectivity index (χ3v) is 4.79. The van der Waals surface area contributed by atoms with Crippen LogP contribution in [0.1, 0.15) is 64.7 Å². The first-order chi connectivity index (χ1) is 8.60. The van der Waals surface area contributed by atoms with Crippen LogP contribution in [0.4, 0.5) is 0 Å². The van der Waals surface area contributed by atoms with Gasteiger partial charge in [0.05, 0.1) is 5.54 Å². The SMILES string of the molecule is CC1CCCC(CNC(=O)C2(N)CCCCC2)C1.Cl. The first kappa shape index (κ1) is 16.8. The minimum Gasteiger partial charge on any atom is -0.354 e. The molecule has 3 nitrogen and oxygen atoms in total. The minimum atomic E-state index is -0.571. The monoisotopic (exact) mass is 288 g/mol. The Morgan fingerprint density at radius 2 is 1.89 bits per heavy atom. The molecule has 2 aliphatic carbocycles. The van der Waals surface area contributed by atoms with Gasteiger partial charge in [0, 0.05) is 6.54 Å². The zero-order valence-electron chi connectivity index (χ0n) is 12.1. The fraction of sp³-hybridized carbons (Fsp3) is 0.933. The van der Waals surface area contributed by atoms with E-state index in [4.69, 9.17) is 5.73 Å². The van der Waals surface area contributed by atoms with E-state index in [1.807, 2.05) is 0 Å². The van der Waals surface area contributed by atoms with Gasteiger partial charge in [-0.2, -0.15) is 0 Å². The van der Waals surface area contributed by atoms with Gasteiger partial charge in [0.1, 0.15) is 0 Å². The zero-order valence-corrected chi connectivity index (χ0v) is 12.9. The van der Waals surface area contributed by atoms with Crippen LogP contribution in [-0.4, -0.2) is 18.0 Å². The maximum Gasteiger partial charge on any atom is 0.240 e. The topological polar surface area (TPSA) is 55.1 Å². The standard InChI is InChI=1S/C15H28N2O.ClH/c1-12-6-5-7-13(10-12)11-17-14(18)15(16)8-3-2-4-9-15;/h12-13H,2-11,16H2,1H3,(H,17,18);1H. The molecule has 2 fully saturated rings. The van der Waals surface area contributed by atoms with Crippen LogP contribution in [0.15, 0.2) is 0 Å². The molecule has 0 aromatic carbocycles. The normalized spacial score (nSPS) is 30.2. The molecule has 2 atom stereocenters. The Hall–Kier alpha value is -0.280. The molecular formula is C15H29ClN2O. The highest BCUT2D eigenvalue weighted by atomic mass is 35.5. The van der Waals surface area contributed by atoms with Gasteiger partial charge in [-0.25, -0.2) is 0 Å². The average Bonchev–Trinajstić information content (AvgIpc) is 2.37. The van der Waals surface area contributed by atoms with Gasteiger partial charge < -0.3 is 11.1 Å². The van der Waals surface area contributed by atoms with Crippen LogP contribution in [0.2, 0.25) is 0 Å². The van der Waals surface area contributed by atoms with E-state index in [0.29, 0.717) is 5.92 Å². The summed E-state index contributed by atoms with van der Waals surface area (Å²) in [4.78, 5) is 12.2. The summed E-state index contributed by atoms with van der Waals surface area (Å²) in [6, 6.07) is 0. The Kier molecular flexibility index (Phi) is 6.61. The number of rotatable bonds is 3. The number of amides is 1. The number of hydrogen-bond acceptors (Lipinski definition) is 2. The van der Waals surface area contributed by atoms with Crippen LogP contribution < -0.4 is 11.1 Å². The molecule has 2 unspecified atom stereocenters. The second-order valence-corrected chi connectivity index (χ2v) is 6.56. The molecule has 0 bridgehead atoms. The van der Waals surface area contributed by atoms with E-state index in [2.05, 4.69) is 12.2 Å². The Morgan fingerprint density at radius 3 is 2.53 bits per heavy atom. The molecule has 0 heterocycles. The molecule has 2 rings (SSSR count). The highest BCUT2D eigenvalue weighted by Crippen LogP contribution is 2.29. The van der Waals surface area contributed by atoms with Crippen LogP contribution in [0, 0.1) is 11.8 Å². The smallest absolute Gasteiger partial charge is 0.240 e. The number of nitrogens with two attached hydrogens (primary N) is 1. The molecule has 112 valence electrons. The van der Waals surface area contributed by atoms with Crippen LogP contribution in [0.3, 0.4) is 0 Å².